The number of hydrogen-bond donors (Lipinski definition) is 3. The molecule has 1 fully saturated rings. The maximum Gasteiger partial charge on any atom is 0.333 e. The summed E-state index contributed by atoms with van der Waals surface area (Å²) in [4.78, 5) is 23.1. The Morgan fingerprint density at radius 1 is 1.33 bits per heavy atom. The highest BCUT2D eigenvalue weighted by atomic mass is 16.2. The lowest BCUT2D eigenvalue weighted by atomic mass is 9.93. The number of carbonyl (C=O) groups excluding carboxylic acids is 2. The number of hydrogen-bond acceptors (Lipinski definition) is 4. The maximum atomic E-state index is 11.7. The Morgan fingerprint density at radius 2 is 2.06 bits per heavy atom. The van der Waals surface area contributed by atoms with Gasteiger partial charge in [0.2, 0.25) is 0 Å². The number of aromatic nitrogens is 3. The fraction of sp³-hybridized carbons (Fsp3) is 0.600. The van der Waals surface area contributed by atoms with Crippen LogP contribution < -0.4 is 16.2 Å². The fourth-order valence-electron chi connectivity index (χ4n) is 1.56. The fourth-order valence-corrected chi connectivity index (χ4v) is 1.56. The summed E-state index contributed by atoms with van der Waals surface area (Å²) >= 11 is 0. The van der Waals surface area contributed by atoms with E-state index in [9.17, 15) is 9.59 Å². The van der Waals surface area contributed by atoms with Gasteiger partial charge < -0.3 is 5.32 Å². The van der Waals surface area contributed by atoms with E-state index >= 15 is 0 Å². The molecule has 1 aliphatic rings. The average Bonchev–Trinajstić information content (AvgIpc) is 2.62. The molecule has 1 saturated carbocycles. The van der Waals surface area contributed by atoms with Gasteiger partial charge in [-0.15, -0.1) is 5.10 Å². The Bertz CT molecular complexity index is 465. The molecule has 1 aromatic heterocycles. The number of amides is 3. The largest absolute Gasteiger partial charge is 0.334 e. The third-order valence-electron chi connectivity index (χ3n) is 3.05. The summed E-state index contributed by atoms with van der Waals surface area (Å²) < 4.78 is 1.49. The molecule has 0 aliphatic heterocycles. The third-order valence-corrected chi connectivity index (χ3v) is 3.05. The first-order valence-corrected chi connectivity index (χ1v) is 5.81. The van der Waals surface area contributed by atoms with Crippen LogP contribution in [0, 0.1) is 6.92 Å². The number of aryl methyl sites for hydroxylation is 1. The van der Waals surface area contributed by atoms with Crippen LogP contribution in [0.4, 0.5) is 4.79 Å². The second-order valence-corrected chi connectivity index (χ2v) is 4.33. The second-order valence-electron chi connectivity index (χ2n) is 4.33. The molecule has 18 heavy (non-hydrogen) atoms. The molecule has 8 heteroatoms. The first kappa shape index (κ1) is 12.3. The van der Waals surface area contributed by atoms with E-state index in [2.05, 4.69) is 26.5 Å². The van der Waals surface area contributed by atoms with Crippen LogP contribution in [0.1, 0.15) is 35.4 Å². The molecule has 3 amide bonds. The van der Waals surface area contributed by atoms with Crippen molar-refractivity contribution < 1.29 is 9.59 Å². The Morgan fingerprint density at radius 3 is 2.56 bits per heavy atom. The van der Waals surface area contributed by atoms with Crippen LogP contribution in [0.3, 0.4) is 0 Å². The van der Waals surface area contributed by atoms with E-state index in [1.807, 2.05) is 0 Å². The zero-order valence-electron chi connectivity index (χ0n) is 10.4. The highest BCUT2D eigenvalue weighted by Crippen LogP contribution is 2.17. The van der Waals surface area contributed by atoms with E-state index in [0.717, 1.165) is 19.3 Å². The number of carbonyl (C=O) groups is 2. The van der Waals surface area contributed by atoms with Gasteiger partial charge in [-0.2, -0.15) is 0 Å². The molecule has 1 aliphatic carbocycles. The molecule has 98 valence electrons. The van der Waals surface area contributed by atoms with Gasteiger partial charge in [-0.1, -0.05) is 5.21 Å². The number of urea groups is 1. The molecule has 0 atom stereocenters. The molecule has 0 aromatic carbocycles. The van der Waals surface area contributed by atoms with Gasteiger partial charge in [0, 0.05) is 13.1 Å². The van der Waals surface area contributed by atoms with Gasteiger partial charge in [0.1, 0.15) is 0 Å². The van der Waals surface area contributed by atoms with Gasteiger partial charge in [0.15, 0.2) is 5.69 Å². The van der Waals surface area contributed by atoms with E-state index in [4.69, 9.17) is 0 Å². The molecule has 0 spiro atoms. The van der Waals surface area contributed by atoms with E-state index < -0.39 is 11.9 Å². The number of nitrogens with zero attached hydrogens (tertiary/aromatic N) is 3. The number of nitrogens with one attached hydrogen (secondary N) is 3. The van der Waals surface area contributed by atoms with Crippen molar-refractivity contribution >= 4 is 11.9 Å². The van der Waals surface area contributed by atoms with Crippen LogP contribution in [0.5, 0.6) is 0 Å². The first-order chi connectivity index (χ1) is 8.58. The Labute approximate surface area is 104 Å². The van der Waals surface area contributed by atoms with Gasteiger partial charge in [-0.25, -0.2) is 10.2 Å². The lowest BCUT2D eigenvalue weighted by molar-refractivity contribution is 0.0929. The van der Waals surface area contributed by atoms with E-state index in [0.29, 0.717) is 5.69 Å². The lowest BCUT2D eigenvalue weighted by Crippen LogP contribution is -2.51. The van der Waals surface area contributed by atoms with Crippen molar-refractivity contribution in [1.29, 1.82) is 0 Å². The summed E-state index contributed by atoms with van der Waals surface area (Å²) in [6.07, 6.45) is 3.12. The monoisotopic (exact) mass is 252 g/mol. The first-order valence-electron chi connectivity index (χ1n) is 5.81. The number of hydrazine groups is 1. The van der Waals surface area contributed by atoms with Crippen molar-refractivity contribution in [3.63, 3.8) is 0 Å². The minimum absolute atomic E-state index is 0.196. The summed E-state index contributed by atoms with van der Waals surface area (Å²) in [7, 11) is 1.69. The molecule has 0 unspecified atom stereocenters. The normalized spacial score (nSPS) is 14.8. The third kappa shape index (κ3) is 2.58. The second kappa shape index (κ2) is 5.03. The van der Waals surface area contributed by atoms with Crippen LogP contribution in [0.15, 0.2) is 0 Å². The van der Waals surface area contributed by atoms with Crippen molar-refractivity contribution in [2.45, 2.75) is 32.2 Å². The zero-order chi connectivity index (χ0) is 13.1. The van der Waals surface area contributed by atoms with Crippen LogP contribution >= 0.6 is 0 Å². The van der Waals surface area contributed by atoms with Crippen LogP contribution in [0.2, 0.25) is 0 Å². The van der Waals surface area contributed by atoms with Crippen molar-refractivity contribution in [3.05, 3.63) is 11.4 Å². The zero-order valence-corrected chi connectivity index (χ0v) is 10.4. The molecule has 1 aromatic rings. The summed E-state index contributed by atoms with van der Waals surface area (Å²) in [6, 6.07) is -0.185. The van der Waals surface area contributed by atoms with E-state index in [1.54, 1.807) is 14.0 Å². The standard InChI is InChI=1S/C10H16N6O2/c1-6-8(12-15-16(6)2)9(17)13-14-10(18)11-7-4-3-5-7/h7H,3-5H2,1-2H3,(H,13,17)(H2,11,14,18). The molecule has 0 radical (unpaired) electrons. The van der Waals surface area contributed by atoms with Crippen LogP contribution in [-0.4, -0.2) is 33.0 Å². The minimum Gasteiger partial charge on any atom is -0.334 e. The Kier molecular flexibility index (Phi) is 3.45. The predicted molar refractivity (Wildman–Crippen MR) is 62.5 cm³/mol. The maximum absolute atomic E-state index is 11.7. The average molecular weight is 252 g/mol. The van der Waals surface area contributed by atoms with Crippen LogP contribution in [0.25, 0.3) is 0 Å². The Hall–Kier alpha value is -2.12. The Balaban J connectivity index is 1.80. The summed E-state index contributed by atoms with van der Waals surface area (Å²) in [5, 5.41) is 10.2. The molecule has 8 nitrogen and oxygen atoms in total. The molecule has 2 rings (SSSR count). The van der Waals surface area contributed by atoms with Crippen molar-refractivity contribution in [2.24, 2.45) is 7.05 Å². The summed E-state index contributed by atoms with van der Waals surface area (Å²) in [5.41, 5.74) is 5.41. The molecular formula is C10H16N6O2. The predicted octanol–water partition coefficient (Wildman–Crippen LogP) is -0.380. The number of rotatable bonds is 2. The highest BCUT2D eigenvalue weighted by molar-refractivity contribution is 5.94. The molecule has 3 N–H and O–H groups in total. The smallest absolute Gasteiger partial charge is 0.333 e. The van der Waals surface area contributed by atoms with Gasteiger partial charge in [0.05, 0.1) is 5.69 Å². The van der Waals surface area contributed by atoms with Crippen molar-refractivity contribution in [1.82, 2.24) is 31.2 Å². The van der Waals surface area contributed by atoms with Crippen LogP contribution in [-0.2, 0) is 7.05 Å². The van der Waals surface area contributed by atoms with Gasteiger partial charge in [-0.05, 0) is 26.2 Å². The van der Waals surface area contributed by atoms with Gasteiger partial charge in [-0.3, -0.25) is 14.9 Å². The SMILES string of the molecule is Cc1c(C(=O)NNC(=O)NC2CCC2)nnn1C. The van der Waals surface area contributed by atoms with Gasteiger partial charge >= 0.3 is 6.03 Å². The quantitative estimate of drug-likeness (QED) is 0.624. The van der Waals surface area contributed by atoms with Gasteiger partial charge in [0.25, 0.3) is 5.91 Å². The molecule has 1 heterocycles. The van der Waals surface area contributed by atoms with Crippen molar-refractivity contribution in [3.8, 4) is 0 Å². The summed E-state index contributed by atoms with van der Waals surface area (Å²) in [5.74, 6) is -0.482. The van der Waals surface area contributed by atoms with E-state index in [-0.39, 0.29) is 11.7 Å². The lowest BCUT2D eigenvalue weighted by Gasteiger charge is -2.26. The molecule has 0 bridgehead atoms. The molecular weight excluding hydrogens is 236 g/mol. The minimum atomic E-state index is -0.482. The summed E-state index contributed by atoms with van der Waals surface area (Å²) in [6.45, 7) is 1.73. The molecule has 0 saturated heterocycles. The highest BCUT2D eigenvalue weighted by Gasteiger charge is 2.20. The topological polar surface area (TPSA) is 101 Å². The van der Waals surface area contributed by atoms with E-state index in [1.165, 1.54) is 4.68 Å². The van der Waals surface area contributed by atoms with Crippen molar-refractivity contribution in [2.75, 3.05) is 0 Å².